The summed E-state index contributed by atoms with van der Waals surface area (Å²) in [5.41, 5.74) is 9.39. The second-order valence-electron chi connectivity index (χ2n) is 11.7. The number of carbonyl (C=O) groups excluding carboxylic acids is 3. The Hall–Kier alpha value is -4.16. The second kappa shape index (κ2) is 12.4. The van der Waals surface area contributed by atoms with Crippen LogP contribution in [0.1, 0.15) is 65.4 Å². The van der Waals surface area contributed by atoms with Crippen molar-refractivity contribution in [3.05, 3.63) is 82.6 Å². The summed E-state index contributed by atoms with van der Waals surface area (Å²) < 4.78 is 0. The fraction of sp³-hybridized carbons (Fsp3) is 0.455. The van der Waals surface area contributed by atoms with Crippen LogP contribution in [0.5, 0.6) is 0 Å². The van der Waals surface area contributed by atoms with Gasteiger partial charge >= 0.3 is 0 Å². The minimum Gasteiger partial charge on any atom is -0.405 e. The maximum absolute atomic E-state index is 14.0. The minimum absolute atomic E-state index is 0.0339. The van der Waals surface area contributed by atoms with Crippen LogP contribution in [0.2, 0.25) is 0 Å². The standard InChI is InChI=1S/C31H37N5O3.C2H5N/c1-17-6-10-24-21(12-17)7-8-22-13-23(29(38)33-5)9-11-25(22)31(24)14-26(35-30(31)39)34-16-27(37)36(18(2)15-32)28-19(3)20(28)4;1-2-3/h6,9-13,18-20,26,28,34H,7-8,14,16H2,1-5H3,(H,33,38)(H,35,39);2H,1,3H2. The molecule has 222 valence electrons. The van der Waals surface area contributed by atoms with Crippen LogP contribution in [0.25, 0.3) is 0 Å². The molecule has 3 aliphatic rings. The summed E-state index contributed by atoms with van der Waals surface area (Å²) in [6, 6.07) is 13.6. The first-order valence-corrected chi connectivity index (χ1v) is 14.6. The average Bonchev–Trinajstić information content (AvgIpc) is 3.45. The molecule has 3 amide bonds. The molecular formula is C33H42N6O3. The van der Waals surface area contributed by atoms with Gasteiger partial charge < -0.3 is 21.3 Å². The Morgan fingerprint density at radius 2 is 1.79 bits per heavy atom. The molecular weight excluding hydrogens is 528 g/mol. The molecule has 1 saturated carbocycles. The molecule has 0 aromatic heterocycles. The fourth-order valence-electron chi connectivity index (χ4n) is 6.73. The van der Waals surface area contributed by atoms with Gasteiger partial charge in [0.15, 0.2) is 0 Å². The molecule has 5 unspecified atom stereocenters. The largest absolute Gasteiger partial charge is 0.405 e. The quantitative estimate of drug-likeness (QED) is 0.421. The van der Waals surface area contributed by atoms with Gasteiger partial charge in [0.05, 0.1) is 18.8 Å². The lowest BCUT2D eigenvalue weighted by molar-refractivity contribution is -0.132. The molecule has 9 heteroatoms. The van der Waals surface area contributed by atoms with Gasteiger partial charge in [0.25, 0.3) is 5.91 Å². The molecule has 2 aromatic carbocycles. The molecule has 1 spiro atoms. The van der Waals surface area contributed by atoms with Crippen LogP contribution in [0, 0.1) is 30.1 Å². The number of rotatable bonds is 6. The maximum atomic E-state index is 14.0. The van der Waals surface area contributed by atoms with Gasteiger partial charge in [-0.1, -0.05) is 50.3 Å². The highest BCUT2D eigenvalue weighted by molar-refractivity contribution is 5.97. The molecule has 5 rings (SSSR count). The van der Waals surface area contributed by atoms with Crippen molar-refractivity contribution < 1.29 is 14.4 Å². The highest BCUT2D eigenvalue weighted by Gasteiger charge is 2.53. The zero-order valence-corrected chi connectivity index (χ0v) is 25.2. The van der Waals surface area contributed by atoms with Crippen molar-refractivity contribution in [2.75, 3.05) is 13.6 Å². The first kappa shape index (κ1) is 30.8. The minimum atomic E-state index is -0.935. The molecule has 2 aliphatic carbocycles. The summed E-state index contributed by atoms with van der Waals surface area (Å²) in [7, 11) is 1.61. The molecule has 1 saturated heterocycles. The first-order chi connectivity index (χ1) is 20.0. The molecule has 5 N–H and O–H groups in total. The number of nitrogens with two attached hydrogens (primary N) is 1. The van der Waals surface area contributed by atoms with Gasteiger partial charge in [0.2, 0.25) is 11.8 Å². The lowest BCUT2D eigenvalue weighted by Crippen LogP contribution is -2.49. The van der Waals surface area contributed by atoms with Crippen molar-refractivity contribution in [2.45, 2.75) is 70.6 Å². The van der Waals surface area contributed by atoms with Crippen molar-refractivity contribution in [3.8, 4) is 6.07 Å². The van der Waals surface area contributed by atoms with Crippen LogP contribution < -0.4 is 21.7 Å². The molecule has 1 heterocycles. The summed E-state index contributed by atoms with van der Waals surface area (Å²) in [6.45, 7) is 11.2. The van der Waals surface area contributed by atoms with Crippen LogP contribution in [0.3, 0.4) is 0 Å². The Labute approximate surface area is 248 Å². The molecule has 1 aliphatic heterocycles. The smallest absolute Gasteiger partial charge is 0.251 e. The highest BCUT2D eigenvalue weighted by Crippen LogP contribution is 2.46. The van der Waals surface area contributed by atoms with Crippen LogP contribution in [0.4, 0.5) is 0 Å². The Balaban J connectivity index is 0.00000129. The van der Waals surface area contributed by atoms with E-state index in [-0.39, 0.29) is 30.3 Å². The van der Waals surface area contributed by atoms with Crippen LogP contribution in [0.15, 0.2) is 49.2 Å². The number of hydrogen-bond acceptors (Lipinski definition) is 6. The summed E-state index contributed by atoms with van der Waals surface area (Å²) >= 11 is 0. The normalized spacial score (nSPS) is 25.8. The monoisotopic (exact) mass is 570 g/mol. The SMILES string of the molecule is C=CN.CNC(=O)c1ccc2c(c1)CCc1cc(C)ccc1C21CC(NCC(=O)N(C(C)C#N)C2C(C)C2C)NC1=O. The number of nitrogens with one attached hydrogen (secondary N) is 3. The maximum Gasteiger partial charge on any atom is 0.251 e. The number of aryl methyl sites for hydroxylation is 3. The number of nitriles is 1. The van der Waals surface area contributed by atoms with Crippen molar-refractivity contribution >= 4 is 17.7 Å². The highest BCUT2D eigenvalue weighted by atomic mass is 16.2. The van der Waals surface area contributed by atoms with Gasteiger partial charge in [-0.2, -0.15) is 5.26 Å². The summed E-state index contributed by atoms with van der Waals surface area (Å²) in [5.74, 6) is 0.324. The van der Waals surface area contributed by atoms with Gasteiger partial charge in [-0.15, -0.1) is 0 Å². The number of benzene rings is 2. The molecule has 0 bridgehead atoms. The summed E-state index contributed by atoms with van der Waals surface area (Å²) in [4.78, 5) is 41.4. The van der Waals surface area contributed by atoms with Gasteiger partial charge in [-0.05, 0) is 79.1 Å². The fourth-order valence-corrected chi connectivity index (χ4v) is 6.73. The van der Waals surface area contributed by atoms with E-state index < -0.39 is 17.6 Å². The number of fused-ring (bicyclic) bond motifs is 4. The van der Waals surface area contributed by atoms with Crippen LogP contribution in [-0.4, -0.2) is 54.5 Å². The topological polar surface area (TPSA) is 140 Å². The third kappa shape index (κ3) is 5.51. The predicted octanol–water partition coefficient (Wildman–Crippen LogP) is 2.66. The van der Waals surface area contributed by atoms with Gasteiger partial charge in [-0.25, -0.2) is 0 Å². The Morgan fingerprint density at radius 3 is 2.36 bits per heavy atom. The molecule has 2 aromatic rings. The molecule has 42 heavy (non-hydrogen) atoms. The summed E-state index contributed by atoms with van der Waals surface area (Å²) in [5, 5.41) is 18.6. The molecule has 0 radical (unpaired) electrons. The Kier molecular flexibility index (Phi) is 9.07. The van der Waals surface area contributed by atoms with E-state index in [0.29, 0.717) is 23.8 Å². The summed E-state index contributed by atoms with van der Waals surface area (Å²) in [6.07, 6.45) is 2.76. The van der Waals surface area contributed by atoms with Crippen molar-refractivity contribution in [3.63, 3.8) is 0 Å². The number of nitrogens with zero attached hydrogens (tertiary/aromatic N) is 2. The zero-order chi connectivity index (χ0) is 30.8. The van der Waals surface area contributed by atoms with Crippen LogP contribution in [-0.2, 0) is 27.8 Å². The Bertz CT molecular complexity index is 1420. The number of hydrogen-bond donors (Lipinski definition) is 4. The second-order valence-corrected chi connectivity index (χ2v) is 11.7. The first-order valence-electron chi connectivity index (χ1n) is 14.6. The van der Waals surface area contributed by atoms with E-state index in [1.165, 1.54) is 6.20 Å². The van der Waals surface area contributed by atoms with E-state index in [9.17, 15) is 19.6 Å². The van der Waals surface area contributed by atoms with Gasteiger partial charge in [-0.3, -0.25) is 19.7 Å². The van der Waals surface area contributed by atoms with Crippen molar-refractivity contribution in [1.29, 1.82) is 5.26 Å². The van der Waals surface area contributed by atoms with Crippen LogP contribution >= 0.6 is 0 Å². The lowest BCUT2D eigenvalue weighted by Gasteiger charge is -2.30. The zero-order valence-electron chi connectivity index (χ0n) is 25.2. The van der Waals surface area contributed by atoms with E-state index >= 15 is 0 Å². The van der Waals surface area contributed by atoms with E-state index in [0.717, 1.165) is 40.7 Å². The van der Waals surface area contributed by atoms with Crippen molar-refractivity contribution in [1.82, 2.24) is 20.9 Å². The third-order valence-corrected chi connectivity index (χ3v) is 9.12. The Morgan fingerprint density at radius 1 is 1.19 bits per heavy atom. The van der Waals surface area contributed by atoms with Gasteiger partial charge in [0.1, 0.15) is 11.5 Å². The van der Waals surface area contributed by atoms with E-state index in [4.69, 9.17) is 0 Å². The molecule has 2 fully saturated rings. The number of amides is 3. The van der Waals surface area contributed by atoms with E-state index in [2.05, 4.69) is 67.2 Å². The number of carbonyl (C=O) groups is 3. The third-order valence-electron chi connectivity index (χ3n) is 9.12. The average molecular weight is 571 g/mol. The van der Waals surface area contributed by atoms with Crippen molar-refractivity contribution in [2.24, 2.45) is 17.6 Å². The van der Waals surface area contributed by atoms with Gasteiger partial charge in [0, 0.05) is 25.1 Å². The van der Waals surface area contributed by atoms with E-state index in [1.807, 2.05) is 18.2 Å². The van der Waals surface area contributed by atoms with E-state index in [1.54, 1.807) is 24.9 Å². The molecule has 9 nitrogen and oxygen atoms in total. The molecule has 5 atom stereocenters. The predicted molar refractivity (Wildman–Crippen MR) is 162 cm³/mol. The lowest BCUT2D eigenvalue weighted by atomic mass is 9.70.